The Morgan fingerprint density at radius 3 is 2.80 bits per heavy atom. The van der Waals surface area contributed by atoms with Crippen LogP contribution in [0.15, 0.2) is 18.2 Å². The molecular formula is C15H22N2O2S. The molecule has 1 N–H and O–H groups in total. The molecule has 0 atom stereocenters. The van der Waals surface area contributed by atoms with Gasteiger partial charge in [0.15, 0.2) is 0 Å². The standard InChI is InChI=1S/C15H22N2O2S/c1-15(2,3)19-14(18)17-9-5-6-11-7-8-12(16-20-4)10-13(11)17/h7-8,10,16H,5-6,9H2,1-4H3. The summed E-state index contributed by atoms with van der Waals surface area (Å²) in [5.41, 5.74) is 2.70. The molecule has 0 unspecified atom stereocenters. The van der Waals surface area contributed by atoms with Gasteiger partial charge in [0.1, 0.15) is 5.60 Å². The predicted octanol–water partition coefficient (Wildman–Crippen LogP) is 4.06. The van der Waals surface area contributed by atoms with E-state index >= 15 is 0 Å². The highest BCUT2D eigenvalue weighted by molar-refractivity contribution is 7.99. The maximum atomic E-state index is 12.3. The van der Waals surface area contributed by atoms with Gasteiger partial charge in [0.2, 0.25) is 0 Å². The van der Waals surface area contributed by atoms with Crippen molar-refractivity contribution in [3.8, 4) is 0 Å². The molecule has 1 amide bonds. The van der Waals surface area contributed by atoms with Crippen molar-refractivity contribution in [1.29, 1.82) is 0 Å². The number of hydrogen-bond acceptors (Lipinski definition) is 4. The topological polar surface area (TPSA) is 41.6 Å². The second kappa shape index (κ2) is 5.95. The second-order valence-electron chi connectivity index (χ2n) is 5.89. The van der Waals surface area contributed by atoms with Crippen molar-refractivity contribution in [2.24, 2.45) is 0 Å². The van der Waals surface area contributed by atoms with Gasteiger partial charge in [-0.05, 0) is 51.3 Å². The molecule has 1 aliphatic heterocycles. The summed E-state index contributed by atoms with van der Waals surface area (Å²) in [7, 11) is 0. The van der Waals surface area contributed by atoms with Gasteiger partial charge in [-0.1, -0.05) is 18.0 Å². The number of fused-ring (bicyclic) bond motifs is 1. The van der Waals surface area contributed by atoms with Crippen LogP contribution in [0.3, 0.4) is 0 Å². The van der Waals surface area contributed by atoms with Crippen LogP contribution >= 0.6 is 11.9 Å². The lowest BCUT2D eigenvalue weighted by Crippen LogP contribution is -2.39. The maximum Gasteiger partial charge on any atom is 0.414 e. The van der Waals surface area contributed by atoms with E-state index in [1.54, 1.807) is 16.8 Å². The molecule has 110 valence electrons. The number of benzene rings is 1. The van der Waals surface area contributed by atoms with Crippen LogP contribution in [0.4, 0.5) is 16.2 Å². The van der Waals surface area contributed by atoms with E-state index in [9.17, 15) is 4.79 Å². The molecule has 0 aromatic heterocycles. The van der Waals surface area contributed by atoms with Gasteiger partial charge >= 0.3 is 6.09 Å². The van der Waals surface area contributed by atoms with Crippen LogP contribution in [0.25, 0.3) is 0 Å². The Hall–Kier alpha value is -1.36. The van der Waals surface area contributed by atoms with E-state index in [1.165, 1.54) is 5.56 Å². The second-order valence-corrected chi connectivity index (χ2v) is 6.50. The number of rotatable bonds is 2. The first-order valence-corrected chi connectivity index (χ1v) is 8.05. The Kier molecular flexibility index (Phi) is 4.48. The highest BCUT2D eigenvalue weighted by atomic mass is 32.2. The van der Waals surface area contributed by atoms with Gasteiger partial charge in [-0.3, -0.25) is 4.90 Å². The van der Waals surface area contributed by atoms with Crippen molar-refractivity contribution in [1.82, 2.24) is 0 Å². The van der Waals surface area contributed by atoms with Crippen molar-refractivity contribution in [2.75, 3.05) is 22.4 Å². The maximum absolute atomic E-state index is 12.3. The molecular weight excluding hydrogens is 272 g/mol. The number of nitrogens with one attached hydrogen (secondary N) is 1. The summed E-state index contributed by atoms with van der Waals surface area (Å²) in [6.07, 6.45) is 3.70. The van der Waals surface area contributed by atoms with Gasteiger partial charge in [0.25, 0.3) is 0 Å². The minimum atomic E-state index is -0.468. The van der Waals surface area contributed by atoms with Crippen LogP contribution in [0.5, 0.6) is 0 Å². The number of amides is 1. The average Bonchev–Trinajstić information content (AvgIpc) is 2.36. The van der Waals surface area contributed by atoms with Gasteiger partial charge in [-0.15, -0.1) is 0 Å². The molecule has 1 aliphatic rings. The number of aryl methyl sites for hydroxylation is 1. The van der Waals surface area contributed by atoms with E-state index < -0.39 is 5.60 Å². The zero-order valence-corrected chi connectivity index (χ0v) is 13.3. The van der Waals surface area contributed by atoms with E-state index in [2.05, 4.69) is 10.8 Å². The normalized spacial score (nSPS) is 14.7. The summed E-state index contributed by atoms with van der Waals surface area (Å²) in [6.45, 7) is 6.38. The number of carbonyl (C=O) groups is 1. The van der Waals surface area contributed by atoms with E-state index in [-0.39, 0.29) is 6.09 Å². The third-order valence-electron chi connectivity index (χ3n) is 3.04. The van der Waals surface area contributed by atoms with Crippen LogP contribution in [0.1, 0.15) is 32.8 Å². The first-order valence-electron chi connectivity index (χ1n) is 6.83. The van der Waals surface area contributed by atoms with E-state index in [4.69, 9.17) is 4.74 Å². The van der Waals surface area contributed by atoms with Crippen LogP contribution in [0, 0.1) is 0 Å². The molecule has 0 radical (unpaired) electrons. The molecule has 0 saturated carbocycles. The summed E-state index contributed by atoms with van der Waals surface area (Å²) < 4.78 is 8.70. The molecule has 5 heteroatoms. The first-order chi connectivity index (χ1) is 9.40. The van der Waals surface area contributed by atoms with Crippen molar-refractivity contribution in [3.05, 3.63) is 23.8 Å². The largest absolute Gasteiger partial charge is 0.443 e. The lowest BCUT2D eigenvalue weighted by molar-refractivity contribution is 0.0578. The zero-order chi connectivity index (χ0) is 14.8. The van der Waals surface area contributed by atoms with Crippen LogP contribution in [0.2, 0.25) is 0 Å². The first kappa shape index (κ1) is 15.0. The van der Waals surface area contributed by atoms with E-state index in [1.807, 2.05) is 39.2 Å². The summed E-state index contributed by atoms with van der Waals surface area (Å²) in [6, 6.07) is 6.16. The van der Waals surface area contributed by atoms with Gasteiger partial charge in [-0.2, -0.15) is 0 Å². The van der Waals surface area contributed by atoms with Crippen LogP contribution in [-0.4, -0.2) is 24.5 Å². The molecule has 0 saturated heterocycles. The smallest absolute Gasteiger partial charge is 0.414 e. The summed E-state index contributed by atoms with van der Waals surface area (Å²) in [4.78, 5) is 14.1. The molecule has 1 aromatic carbocycles. The molecule has 20 heavy (non-hydrogen) atoms. The molecule has 0 bridgehead atoms. The molecule has 0 aliphatic carbocycles. The molecule has 2 rings (SSSR count). The SMILES string of the molecule is CSNc1ccc2c(c1)N(C(=O)OC(C)(C)C)CCC2. The number of nitrogens with zero attached hydrogens (tertiary/aromatic N) is 1. The summed E-state index contributed by atoms with van der Waals surface area (Å²) in [5.74, 6) is 0. The van der Waals surface area contributed by atoms with E-state index in [0.717, 1.165) is 24.2 Å². The minimum Gasteiger partial charge on any atom is -0.443 e. The molecule has 0 spiro atoms. The zero-order valence-electron chi connectivity index (χ0n) is 12.5. The quantitative estimate of drug-likeness (QED) is 0.835. The Balaban J connectivity index is 2.26. The Labute approximate surface area is 125 Å². The fourth-order valence-corrected chi connectivity index (χ4v) is 2.63. The Morgan fingerprint density at radius 2 is 2.15 bits per heavy atom. The number of ether oxygens (including phenoxy) is 1. The third-order valence-corrected chi connectivity index (χ3v) is 3.48. The number of hydrogen-bond donors (Lipinski definition) is 1. The Bertz CT molecular complexity index is 497. The Morgan fingerprint density at radius 1 is 1.40 bits per heavy atom. The predicted molar refractivity (Wildman–Crippen MR) is 85.5 cm³/mol. The fourth-order valence-electron chi connectivity index (χ4n) is 2.26. The van der Waals surface area contributed by atoms with Gasteiger partial charge in [0, 0.05) is 18.5 Å². The van der Waals surface area contributed by atoms with Crippen LogP contribution < -0.4 is 9.62 Å². The van der Waals surface area contributed by atoms with Gasteiger partial charge in [0.05, 0.1) is 5.69 Å². The highest BCUT2D eigenvalue weighted by Gasteiger charge is 2.27. The minimum absolute atomic E-state index is 0.264. The summed E-state index contributed by atoms with van der Waals surface area (Å²) >= 11 is 1.54. The molecule has 1 heterocycles. The lowest BCUT2D eigenvalue weighted by Gasteiger charge is -2.32. The van der Waals surface area contributed by atoms with Crippen molar-refractivity contribution in [3.63, 3.8) is 0 Å². The van der Waals surface area contributed by atoms with E-state index in [0.29, 0.717) is 6.54 Å². The fraction of sp³-hybridized carbons (Fsp3) is 0.533. The number of anilines is 2. The molecule has 1 aromatic rings. The van der Waals surface area contributed by atoms with Crippen molar-refractivity contribution >= 4 is 29.4 Å². The van der Waals surface area contributed by atoms with Crippen molar-refractivity contribution in [2.45, 2.75) is 39.2 Å². The van der Waals surface area contributed by atoms with Crippen molar-refractivity contribution < 1.29 is 9.53 Å². The molecule has 0 fully saturated rings. The lowest BCUT2D eigenvalue weighted by atomic mass is 10.0. The third kappa shape index (κ3) is 3.60. The average molecular weight is 294 g/mol. The number of carbonyl (C=O) groups excluding carboxylic acids is 1. The monoisotopic (exact) mass is 294 g/mol. The summed E-state index contributed by atoms with van der Waals surface area (Å²) in [5, 5.41) is 0. The van der Waals surface area contributed by atoms with Gasteiger partial charge in [-0.25, -0.2) is 4.79 Å². The van der Waals surface area contributed by atoms with Gasteiger partial charge < -0.3 is 9.46 Å². The molecule has 4 nitrogen and oxygen atoms in total. The highest BCUT2D eigenvalue weighted by Crippen LogP contribution is 2.31. The van der Waals surface area contributed by atoms with Crippen LogP contribution in [-0.2, 0) is 11.2 Å².